The van der Waals surface area contributed by atoms with Crippen molar-refractivity contribution < 1.29 is 0 Å². The molecule has 3 aromatic heterocycles. The molecule has 162 valence electrons. The number of aromatic nitrogens is 3. The highest BCUT2D eigenvalue weighted by atomic mass is 127. The number of thiophene rings is 1. The number of nitrogens with one attached hydrogen (secondary N) is 1. The highest BCUT2D eigenvalue weighted by molar-refractivity contribution is 14.0. The highest BCUT2D eigenvalue weighted by Gasteiger charge is 2.20. The van der Waals surface area contributed by atoms with Gasteiger partial charge in [0.25, 0.3) is 0 Å². The topological polar surface area (TPSA) is 61.1 Å². The molecule has 0 unspecified atom stereocenters. The third-order valence-corrected chi connectivity index (χ3v) is 6.21. The summed E-state index contributed by atoms with van der Waals surface area (Å²) in [5.41, 5.74) is 0.876. The highest BCUT2D eigenvalue weighted by Crippen LogP contribution is 2.23. The molecule has 0 aromatic carbocycles. The largest absolute Gasteiger partial charge is 0.357 e. The first-order chi connectivity index (χ1) is 14.2. The zero-order chi connectivity index (χ0) is 20.1. The fourth-order valence-electron chi connectivity index (χ4n) is 3.52. The lowest BCUT2D eigenvalue weighted by molar-refractivity contribution is 0.173. The van der Waals surface area contributed by atoms with Crippen molar-refractivity contribution in [1.82, 2.24) is 29.7 Å². The van der Waals surface area contributed by atoms with Crippen molar-refractivity contribution in [3.63, 3.8) is 0 Å². The first-order valence-electron chi connectivity index (χ1n) is 10.0. The first kappa shape index (κ1) is 23.2. The van der Waals surface area contributed by atoms with Crippen molar-refractivity contribution in [2.24, 2.45) is 4.99 Å². The number of hydrogen-bond donors (Lipinski definition) is 1. The molecule has 1 aliphatic rings. The Balaban J connectivity index is 0.00000256. The minimum absolute atomic E-state index is 0. The van der Waals surface area contributed by atoms with Gasteiger partial charge in [-0.3, -0.25) is 14.3 Å². The minimum atomic E-state index is 0. The van der Waals surface area contributed by atoms with Crippen LogP contribution in [0.15, 0.2) is 41.5 Å². The Hall–Kier alpha value is -1.43. The molecule has 0 atom stereocenters. The predicted molar refractivity (Wildman–Crippen MR) is 134 cm³/mol. The molecule has 0 bridgehead atoms. The van der Waals surface area contributed by atoms with Crippen LogP contribution in [0.4, 0.5) is 0 Å². The van der Waals surface area contributed by atoms with Crippen LogP contribution >= 0.6 is 46.9 Å². The number of halogens is 2. The van der Waals surface area contributed by atoms with Crippen LogP contribution in [0.25, 0.3) is 5.65 Å². The molecular formula is C20H27ClIN7S. The van der Waals surface area contributed by atoms with Crippen LogP contribution in [-0.2, 0) is 13.0 Å². The molecule has 4 rings (SSSR count). The smallest absolute Gasteiger partial charge is 0.194 e. The molecule has 0 aliphatic carbocycles. The van der Waals surface area contributed by atoms with Gasteiger partial charge in [0.15, 0.2) is 11.6 Å². The van der Waals surface area contributed by atoms with Crippen LogP contribution in [0.5, 0.6) is 0 Å². The summed E-state index contributed by atoms with van der Waals surface area (Å²) in [6, 6.07) is 10.0. The van der Waals surface area contributed by atoms with E-state index in [0.717, 1.165) is 67.5 Å². The maximum Gasteiger partial charge on any atom is 0.194 e. The summed E-state index contributed by atoms with van der Waals surface area (Å²) < 4.78 is 2.89. The van der Waals surface area contributed by atoms with E-state index in [0.29, 0.717) is 6.54 Å². The van der Waals surface area contributed by atoms with Crippen molar-refractivity contribution in [2.75, 3.05) is 39.3 Å². The summed E-state index contributed by atoms with van der Waals surface area (Å²) in [5, 5.41) is 11.9. The van der Waals surface area contributed by atoms with Crippen molar-refractivity contribution in [1.29, 1.82) is 0 Å². The lowest BCUT2D eigenvalue weighted by Gasteiger charge is -2.36. The van der Waals surface area contributed by atoms with Crippen molar-refractivity contribution in [2.45, 2.75) is 19.9 Å². The normalized spacial score (nSPS) is 15.4. The van der Waals surface area contributed by atoms with Crippen molar-refractivity contribution >= 4 is 58.5 Å². The molecule has 4 heterocycles. The molecule has 0 radical (unpaired) electrons. The number of pyridine rings is 1. The van der Waals surface area contributed by atoms with Gasteiger partial charge in [-0.1, -0.05) is 17.7 Å². The number of rotatable bonds is 6. The average Bonchev–Trinajstić information content (AvgIpc) is 3.34. The van der Waals surface area contributed by atoms with Crippen LogP contribution in [0.2, 0.25) is 4.34 Å². The third-order valence-electron chi connectivity index (χ3n) is 5.00. The zero-order valence-corrected chi connectivity index (χ0v) is 20.9. The van der Waals surface area contributed by atoms with E-state index in [2.05, 4.69) is 38.3 Å². The van der Waals surface area contributed by atoms with E-state index in [4.69, 9.17) is 16.6 Å². The van der Waals surface area contributed by atoms with Crippen molar-refractivity contribution in [3.8, 4) is 0 Å². The summed E-state index contributed by atoms with van der Waals surface area (Å²) in [7, 11) is 0. The fraction of sp³-hybridized carbons (Fsp3) is 0.450. The van der Waals surface area contributed by atoms with Crippen LogP contribution in [0.3, 0.4) is 0 Å². The number of fused-ring (bicyclic) bond motifs is 1. The summed E-state index contributed by atoms with van der Waals surface area (Å²) in [4.78, 5) is 11.0. The van der Waals surface area contributed by atoms with Gasteiger partial charge in [-0.05, 0) is 31.2 Å². The third kappa shape index (κ3) is 5.83. The van der Waals surface area contributed by atoms with Gasteiger partial charge in [-0.15, -0.1) is 45.5 Å². The maximum absolute atomic E-state index is 6.05. The Morgan fingerprint density at radius 3 is 2.73 bits per heavy atom. The van der Waals surface area contributed by atoms with Gasteiger partial charge in [0.1, 0.15) is 5.82 Å². The lowest BCUT2D eigenvalue weighted by Crippen LogP contribution is -2.52. The van der Waals surface area contributed by atoms with Crippen LogP contribution in [0, 0.1) is 0 Å². The predicted octanol–water partition coefficient (Wildman–Crippen LogP) is 3.39. The number of piperazine rings is 1. The van der Waals surface area contributed by atoms with Crippen LogP contribution < -0.4 is 5.32 Å². The van der Waals surface area contributed by atoms with Crippen molar-refractivity contribution in [3.05, 3.63) is 51.6 Å². The molecule has 3 aromatic rings. The summed E-state index contributed by atoms with van der Waals surface area (Å²) >= 11 is 7.72. The Morgan fingerprint density at radius 1 is 1.17 bits per heavy atom. The summed E-state index contributed by atoms with van der Waals surface area (Å²) in [6.07, 6.45) is 2.76. The summed E-state index contributed by atoms with van der Waals surface area (Å²) in [5.74, 6) is 1.93. The molecular weight excluding hydrogens is 533 g/mol. The Bertz CT molecular complexity index is 965. The van der Waals surface area contributed by atoms with E-state index in [9.17, 15) is 0 Å². The van der Waals surface area contributed by atoms with E-state index in [1.807, 2.05) is 34.9 Å². The number of nitrogens with zero attached hydrogens (tertiary/aromatic N) is 6. The van der Waals surface area contributed by atoms with E-state index in [-0.39, 0.29) is 24.0 Å². The number of aliphatic imine (C=N–C) groups is 1. The first-order valence-corrected chi connectivity index (χ1v) is 11.2. The van der Waals surface area contributed by atoms with Gasteiger partial charge in [0.05, 0.1) is 4.34 Å². The maximum atomic E-state index is 6.05. The number of hydrogen-bond acceptors (Lipinski definition) is 5. The molecule has 0 saturated carbocycles. The second-order valence-corrected chi connectivity index (χ2v) is 8.80. The lowest BCUT2D eigenvalue weighted by atomic mass is 10.3. The van der Waals surface area contributed by atoms with Crippen LogP contribution in [0.1, 0.15) is 17.6 Å². The van der Waals surface area contributed by atoms with E-state index in [1.165, 1.54) is 4.88 Å². The van der Waals surface area contributed by atoms with E-state index < -0.39 is 0 Å². The Kier molecular flexibility index (Phi) is 8.72. The van der Waals surface area contributed by atoms with Gasteiger partial charge in [0, 0.05) is 63.3 Å². The van der Waals surface area contributed by atoms with Gasteiger partial charge in [-0.25, -0.2) is 0 Å². The zero-order valence-electron chi connectivity index (χ0n) is 17.0. The van der Waals surface area contributed by atoms with E-state index >= 15 is 0 Å². The van der Waals surface area contributed by atoms with Gasteiger partial charge < -0.3 is 10.2 Å². The second kappa shape index (κ2) is 11.3. The molecule has 1 aliphatic heterocycles. The molecule has 0 amide bonds. The van der Waals surface area contributed by atoms with Crippen LogP contribution in [-0.4, -0.2) is 69.6 Å². The monoisotopic (exact) mass is 559 g/mol. The van der Waals surface area contributed by atoms with Gasteiger partial charge in [0.2, 0.25) is 0 Å². The molecule has 0 spiro atoms. The average molecular weight is 560 g/mol. The van der Waals surface area contributed by atoms with E-state index in [1.54, 1.807) is 11.3 Å². The molecule has 1 saturated heterocycles. The Labute approximate surface area is 203 Å². The molecule has 7 nitrogen and oxygen atoms in total. The Morgan fingerprint density at radius 2 is 2.00 bits per heavy atom. The number of guanidine groups is 1. The quantitative estimate of drug-likeness (QED) is 0.285. The SMILES string of the molecule is CCNC(=NCCc1nnc2ccccn12)N1CCN(Cc2ccc(Cl)s2)CC1.I. The van der Waals surface area contributed by atoms with Gasteiger partial charge >= 0.3 is 0 Å². The van der Waals surface area contributed by atoms with Gasteiger partial charge in [-0.2, -0.15) is 0 Å². The summed E-state index contributed by atoms with van der Waals surface area (Å²) in [6.45, 7) is 8.62. The second-order valence-electron chi connectivity index (χ2n) is 7.00. The fourth-order valence-corrected chi connectivity index (χ4v) is 4.65. The molecule has 1 N–H and O–H groups in total. The molecule has 30 heavy (non-hydrogen) atoms. The standard InChI is InChI=1S/C20H26ClN7S.HI/c1-2-22-20(23-9-8-19-25-24-18-5-3-4-10-28(18)19)27-13-11-26(12-14-27)15-16-6-7-17(21)29-16;/h3-7,10H,2,8-9,11-15H2,1H3,(H,22,23);1H. The molecule has 10 heteroatoms. The minimum Gasteiger partial charge on any atom is -0.357 e. The molecule has 1 fully saturated rings.